The lowest BCUT2D eigenvalue weighted by Crippen LogP contribution is -2.18. The number of anilines is 1. The second-order valence-electron chi connectivity index (χ2n) is 2.66. The lowest BCUT2D eigenvalue weighted by Gasteiger charge is -2.09. The minimum atomic E-state index is -5.09. The highest BCUT2D eigenvalue weighted by atomic mass is 19.4. The average Bonchev–Trinajstić information content (AvgIpc) is 2.14. The van der Waals surface area contributed by atoms with Gasteiger partial charge < -0.3 is 20.6 Å². The van der Waals surface area contributed by atoms with Crippen LogP contribution in [0.15, 0.2) is 6.07 Å². The Labute approximate surface area is 91.4 Å². The van der Waals surface area contributed by atoms with Gasteiger partial charge in [-0.15, -0.1) is 13.2 Å². The van der Waals surface area contributed by atoms with Crippen molar-refractivity contribution in [2.24, 2.45) is 0 Å². The number of aromatic nitrogens is 1. The number of nitriles is 1. The van der Waals surface area contributed by atoms with Gasteiger partial charge in [-0.1, -0.05) is 0 Å². The molecule has 10 heteroatoms. The van der Waals surface area contributed by atoms with Crippen LogP contribution in [-0.2, 0) is 0 Å². The standard InChI is InChI=1S/C7H3F3N4O3/c8-7(9,10)17-4-1-5(14(15)16)13-6(12)3(4)2-11/h1H,(H2,12,13). The maximum absolute atomic E-state index is 12.0. The van der Waals surface area contributed by atoms with Crippen molar-refractivity contribution in [2.45, 2.75) is 6.36 Å². The van der Waals surface area contributed by atoms with E-state index in [1.165, 1.54) is 6.07 Å². The minimum absolute atomic E-state index is 0.377. The summed E-state index contributed by atoms with van der Waals surface area (Å²) in [5.41, 5.74) is 4.39. The Kier molecular flexibility index (Phi) is 3.03. The molecule has 0 saturated heterocycles. The van der Waals surface area contributed by atoms with E-state index < -0.39 is 34.2 Å². The molecular formula is C7H3F3N4O3. The number of nitrogens with zero attached hydrogens (tertiary/aromatic N) is 3. The van der Waals surface area contributed by atoms with E-state index in [0.717, 1.165) is 0 Å². The Morgan fingerprint density at radius 3 is 2.59 bits per heavy atom. The molecule has 1 aromatic rings. The Hall–Kier alpha value is -2.57. The highest BCUT2D eigenvalue weighted by Gasteiger charge is 2.34. The smallest absolute Gasteiger partial charge is 0.404 e. The summed E-state index contributed by atoms with van der Waals surface area (Å²) >= 11 is 0. The zero-order valence-corrected chi connectivity index (χ0v) is 7.85. The van der Waals surface area contributed by atoms with Crippen LogP contribution in [0.3, 0.4) is 0 Å². The molecule has 0 bridgehead atoms. The summed E-state index contributed by atoms with van der Waals surface area (Å²) in [5, 5.41) is 18.9. The van der Waals surface area contributed by atoms with E-state index in [9.17, 15) is 23.3 Å². The molecule has 0 aliphatic rings. The van der Waals surface area contributed by atoms with Crippen LogP contribution >= 0.6 is 0 Å². The summed E-state index contributed by atoms with van der Waals surface area (Å²) in [4.78, 5) is 12.4. The van der Waals surface area contributed by atoms with Crippen molar-refractivity contribution in [3.8, 4) is 11.8 Å². The van der Waals surface area contributed by atoms with Gasteiger partial charge in [0.1, 0.15) is 6.07 Å². The van der Waals surface area contributed by atoms with E-state index in [1.807, 2.05) is 0 Å². The number of pyridine rings is 1. The molecule has 0 saturated carbocycles. The highest BCUT2D eigenvalue weighted by Crippen LogP contribution is 2.31. The van der Waals surface area contributed by atoms with Crippen LogP contribution in [0.5, 0.6) is 5.75 Å². The van der Waals surface area contributed by atoms with E-state index in [-0.39, 0.29) is 0 Å². The Bertz CT molecular complexity index is 508. The van der Waals surface area contributed by atoms with Gasteiger partial charge in [0.05, 0.1) is 6.07 Å². The number of alkyl halides is 3. The molecule has 0 radical (unpaired) electrons. The molecule has 1 aromatic heterocycles. The molecule has 17 heavy (non-hydrogen) atoms. The maximum atomic E-state index is 12.0. The maximum Gasteiger partial charge on any atom is 0.573 e. The predicted octanol–water partition coefficient (Wildman–Crippen LogP) is 1.34. The summed E-state index contributed by atoms with van der Waals surface area (Å²) in [5.74, 6) is -2.71. The molecular weight excluding hydrogens is 245 g/mol. The summed E-state index contributed by atoms with van der Waals surface area (Å²) in [6.45, 7) is 0. The van der Waals surface area contributed by atoms with Crippen molar-refractivity contribution in [3.05, 3.63) is 21.7 Å². The summed E-state index contributed by atoms with van der Waals surface area (Å²) in [6, 6.07) is 1.69. The van der Waals surface area contributed by atoms with Crippen molar-refractivity contribution < 1.29 is 22.8 Å². The topological polar surface area (TPSA) is 115 Å². The molecule has 0 fully saturated rings. The molecule has 0 aliphatic carbocycles. The van der Waals surface area contributed by atoms with Gasteiger partial charge in [-0.05, 0) is 9.91 Å². The largest absolute Gasteiger partial charge is 0.573 e. The van der Waals surface area contributed by atoms with E-state index >= 15 is 0 Å². The van der Waals surface area contributed by atoms with Crippen molar-refractivity contribution >= 4 is 11.6 Å². The van der Waals surface area contributed by atoms with E-state index in [4.69, 9.17) is 11.0 Å². The van der Waals surface area contributed by atoms with Crippen LogP contribution in [0.1, 0.15) is 5.56 Å². The highest BCUT2D eigenvalue weighted by molar-refractivity contribution is 5.59. The lowest BCUT2D eigenvalue weighted by atomic mass is 10.2. The van der Waals surface area contributed by atoms with Crippen LogP contribution in [0.2, 0.25) is 0 Å². The minimum Gasteiger partial charge on any atom is -0.404 e. The van der Waals surface area contributed by atoms with Gasteiger partial charge in [0.15, 0.2) is 11.3 Å². The zero-order valence-electron chi connectivity index (χ0n) is 7.85. The number of nitro groups is 1. The monoisotopic (exact) mass is 248 g/mol. The van der Waals surface area contributed by atoms with Crippen molar-refractivity contribution in [1.82, 2.24) is 4.98 Å². The normalized spacial score (nSPS) is 10.7. The number of nitrogen functional groups attached to an aromatic ring is 1. The van der Waals surface area contributed by atoms with Crippen LogP contribution in [0.4, 0.5) is 24.8 Å². The third-order valence-corrected chi connectivity index (χ3v) is 1.52. The van der Waals surface area contributed by atoms with Crippen molar-refractivity contribution in [3.63, 3.8) is 0 Å². The van der Waals surface area contributed by atoms with Crippen LogP contribution in [0, 0.1) is 21.4 Å². The number of nitrogens with two attached hydrogens (primary N) is 1. The van der Waals surface area contributed by atoms with Gasteiger partial charge in [0.25, 0.3) is 5.82 Å². The molecule has 2 N–H and O–H groups in total. The van der Waals surface area contributed by atoms with Gasteiger partial charge in [0.2, 0.25) is 0 Å². The van der Waals surface area contributed by atoms with Crippen molar-refractivity contribution in [2.75, 3.05) is 5.73 Å². The quantitative estimate of drug-likeness (QED) is 0.623. The van der Waals surface area contributed by atoms with E-state index in [2.05, 4.69) is 9.72 Å². The molecule has 0 atom stereocenters. The first kappa shape index (κ1) is 12.5. The fourth-order valence-electron chi connectivity index (χ4n) is 0.938. The van der Waals surface area contributed by atoms with Crippen molar-refractivity contribution in [1.29, 1.82) is 5.26 Å². The van der Waals surface area contributed by atoms with Gasteiger partial charge in [-0.2, -0.15) is 5.26 Å². The second kappa shape index (κ2) is 4.12. The molecule has 0 spiro atoms. The number of hydrogen-bond donors (Lipinski definition) is 1. The summed E-state index contributed by atoms with van der Waals surface area (Å²) in [6.07, 6.45) is -5.09. The third kappa shape index (κ3) is 2.94. The Morgan fingerprint density at radius 1 is 1.59 bits per heavy atom. The molecule has 0 aromatic carbocycles. The number of halogens is 3. The molecule has 0 aliphatic heterocycles. The van der Waals surface area contributed by atoms with Crippen LogP contribution in [-0.4, -0.2) is 16.3 Å². The van der Waals surface area contributed by atoms with Crippen LogP contribution < -0.4 is 10.5 Å². The predicted molar refractivity (Wildman–Crippen MR) is 46.7 cm³/mol. The van der Waals surface area contributed by atoms with Crippen LogP contribution in [0.25, 0.3) is 0 Å². The zero-order chi connectivity index (χ0) is 13.2. The number of rotatable bonds is 2. The molecule has 1 rings (SSSR count). The molecule has 1 heterocycles. The third-order valence-electron chi connectivity index (χ3n) is 1.52. The van der Waals surface area contributed by atoms with Gasteiger partial charge in [-0.3, -0.25) is 0 Å². The fourth-order valence-corrected chi connectivity index (χ4v) is 0.938. The molecule has 0 amide bonds. The first-order valence-corrected chi connectivity index (χ1v) is 3.85. The van der Waals surface area contributed by atoms with Gasteiger partial charge in [-0.25, -0.2) is 0 Å². The Balaban J connectivity index is 3.35. The van der Waals surface area contributed by atoms with E-state index in [1.54, 1.807) is 0 Å². The average molecular weight is 248 g/mol. The SMILES string of the molecule is N#Cc1c(OC(F)(F)F)cc([N+](=O)[O-])nc1N. The summed E-state index contributed by atoms with van der Waals surface area (Å²) < 4.78 is 39.3. The van der Waals surface area contributed by atoms with Gasteiger partial charge in [0, 0.05) is 0 Å². The van der Waals surface area contributed by atoms with E-state index in [0.29, 0.717) is 6.07 Å². The Morgan fingerprint density at radius 2 is 2.18 bits per heavy atom. The second-order valence-corrected chi connectivity index (χ2v) is 2.66. The number of ether oxygens (including phenoxy) is 1. The molecule has 90 valence electrons. The lowest BCUT2D eigenvalue weighted by molar-refractivity contribution is -0.389. The summed E-state index contributed by atoms with van der Waals surface area (Å²) in [7, 11) is 0. The molecule has 7 nitrogen and oxygen atoms in total. The van der Waals surface area contributed by atoms with Gasteiger partial charge >= 0.3 is 12.2 Å². The molecule has 0 unspecified atom stereocenters. The first-order chi connectivity index (χ1) is 7.74. The fraction of sp³-hybridized carbons (Fsp3) is 0.143. The first-order valence-electron chi connectivity index (χ1n) is 3.85. The number of hydrogen-bond acceptors (Lipinski definition) is 6.